The maximum atomic E-state index is 14.4. The molecule has 2 bridgehead atoms. The number of carbonyl (C=O) groups is 4. The summed E-state index contributed by atoms with van der Waals surface area (Å²) in [5.41, 5.74) is 1.11. The van der Waals surface area contributed by atoms with Gasteiger partial charge < -0.3 is 39.2 Å². The van der Waals surface area contributed by atoms with Crippen LogP contribution in [0.25, 0.3) is 0 Å². The number of carbonyl (C=O) groups excluding carboxylic acids is 4. The number of allylic oxidation sites excluding steroid dienone is 6. The van der Waals surface area contributed by atoms with Crippen LogP contribution in [-0.2, 0) is 48.1 Å². The molecule has 3 fully saturated rings. The average molecular weight is 971 g/mol. The summed E-state index contributed by atoms with van der Waals surface area (Å²) < 4.78 is 51.3. The van der Waals surface area contributed by atoms with E-state index in [0.29, 0.717) is 68.9 Å². The molecule has 3 aliphatic heterocycles. The quantitative estimate of drug-likeness (QED) is 0.108. The molecule has 4 rings (SSSR count). The fourth-order valence-electron chi connectivity index (χ4n) is 10.1. The number of piperidine rings is 1. The van der Waals surface area contributed by atoms with E-state index in [1.54, 1.807) is 39.2 Å². The first-order valence-corrected chi connectivity index (χ1v) is 26.2. The Balaban J connectivity index is 1.73. The van der Waals surface area contributed by atoms with Crippen molar-refractivity contribution < 1.29 is 61.9 Å². The zero-order valence-corrected chi connectivity index (χ0v) is 42.2. The Morgan fingerprint density at radius 3 is 2.32 bits per heavy atom. The van der Waals surface area contributed by atoms with Crippen LogP contribution in [0.4, 0.5) is 0 Å². The van der Waals surface area contributed by atoms with Gasteiger partial charge in [0.05, 0.1) is 30.5 Å². The second-order valence-electron chi connectivity index (χ2n) is 19.8. The van der Waals surface area contributed by atoms with Crippen LogP contribution in [0.3, 0.4) is 0 Å². The highest BCUT2D eigenvalue weighted by atomic mass is 32.2. The Bertz CT molecular complexity index is 2060. The number of hydrogen-bond donors (Lipinski definition) is 4. The molecule has 2 saturated heterocycles. The molecule has 68 heavy (non-hydrogen) atoms. The maximum absolute atomic E-state index is 14.4. The van der Waals surface area contributed by atoms with Crippen molar-refractivity contribution in [3.63, 3.8) is 0 Å². The summed E-state index contributed by atoms with van der Waals surface area (Å²) in [6.45, 7) is 13.1. The number of fused-ring (bicyclic) bond motifs is 3. The molecule has 1 saturated carbocycles. The van der Waals surface area contributed by atoms with Crippen molar-refractivity contribution in [2.24, 2.45) is 29.6 Å². The van der Waals surface area contributed by atoms with Gasteiger partial charge in [-0.3, -0.25) is 14.4 Å². The number of nitrogens with zero attached hydrogens (tertiary/aromatic N) is 1. The van der Waals surface area contributed by atoms with E-state index >= 15 is 0 Å². The molecule has 0 aromatic heterocycles. The summed E-state index contributed by atoms with van der Waals surface area (Å²) in [5, 5.41) is 33.9. The van der Waals surface area contributed by atoms with E-state index in [-0.39, 0.29) is 67.4 Å². The number of esters is 1. The van der Waals surface area contributed by atoms with Gasteiger partial charge in [-0.15, -0.1) is 6.42 Å². The monoisotopic (exact) mass is 971 g/mol. The number of aliphatic hydroxyl groups excluding tert-OH is 2. The molecular formula is C52H78N2O13S. The summed E-state index contributed by atoms with van der Waals surface area (Å²) in [6.07, 6.45) is 18.2. The van der Waals surface area contributed by atoms with Gasteiger partial charge in [-0.1, -0.05) is 75.3 Å². The second-order valence-corrected chi connectivity index (χ2v) is 21.6. The minimum absolute atomic E-state index is 0.00782. The van der Waals surface area contributed by atoms with E-state index in [0.717, 1.165) is 11.2 Å². The number of methoxy groups -OCH3 is 2. The van der Waals surface area contributed by atoms with Crippen LogP contribution in [0.5, 0.6) is 0 Å². The summed E-state index contributed by atoms with van der Waals surface area (Å²) in [4.78, 5) is 57.8. The van der Waals surface area contributed by atoms with Crippen molar-refractivity contribution in [1.82, 2.24) is 9.62 Å². The molecule has 3 heterocycles. The standard InChI is InChI=1S/C52H78N2O13S/c1-11-39(29-38-22-24-43(55)45(30-38)64-8)44-25-20-33(3)28-36(6)47(57)48(65-9)46(56)35(5)27-32(2)17-13-12-14-18-34(4)41(53-68(10,62)63)31-40-23-21-37(7)52(61,67-40)49(58)50(59)54-26-16-15-19-42(54)51(60)66-44/h1,12-14,17-18,28,32-33,35,38-45,47-48,53,55,57,61H,7,15-16,19-27,29-31H2,2-6,8-10H3/b14-12+,17-13+,34-18+,36-28+/t32-,33+,35-,38+,39-,40+,41+,42+,43-,44+,45-,47-,48+,52-/m1/s1. The van der Waals surface area contributed by atoms with Gasteiger partial charge in [0.25, 0.3) is 17.5 Å². The number of ketones is 2. The van der Waals surface area contributed by atoms with Crippen LogP contribution in [0.15, 0.2) is 59.8 Å². The van der Waals surface area contributed by atoms with Crippen LogP contribution < -0.4 is 4.72 Å². The number of nitrogens with one attached hydrogen (secondary N) is 1. The third-order valence-electron chi connectivity index (χ3n) is 14.2. The molecule has 0 unspecified atom stereocenters. The first-order chi connectivity index (χ1) is 32.0. The van der Waals surface area contributed by atoms with Crippen molar-refractivity contribution in [3.8, 4) is 12.3 Å². The van der Waals surface area contributed by atoms with Gasteiger partial charge in [-0.05, 0) is 126 Å². The Labute approximate surface area is 404 Å². The smallest absolute Gasteiger partial charge is 0.329 e. The lowest BCUT2D eigenvalue weighted by atomic mass is 9.78. The SMILES string of the molecule is C#C[C@H](C[C@@H]1CC[C@@H](O)[C@H](OC)C1)[C@@H]1CC[C@H](C)/C=C(\C)[C@@H](O)[C@@H](OC)C(=O)[C@H](C)C[C@H](C)/C=C/C=C/C=C(\C)[C@@H](NS(C)(=O)=O)C[C@@H]2CCC(=C)[C@@](O)(O2)C(=O)C(=O)N2CCCC[C@H]2C(=O)O1. The maximum Gasteiger partial charge on any atom is 0.329 e. The molecule has 4 N–H and O–H groups in total. The van der Waals surface area contributed by atoms with Crippen molar-refractivity contribution in [1.29, 1.82) is 0 Å². The normalized spacial score (nSPS) is 38.1. The van der Waals surface area contributed by atoms with E-state index in [1.807, 2.05) is 39.0 Å². The highest BCUT2D eigenvalue weighted by molar-refractivity contribution is 7.88. The van der Waals surface area contributed by atoms with E-state index < -0.39 is 87.9 Å². The highest BCUT2D eigenvalue weighted by Crippen LogP contribution is 2.37. The largest absolute Gasteiger partial charge is 0.460 e. The molecular weight excluding hydrogens is 893 g/mol. The molecule has 0 spiro atoms. The lowest BCUT2D eigenvalue weighted by molar-refractivity contribution is -0.219. The molecule has 380 valence electrons. The molecule has 4 aliphatic rings. The molecule has 16 heteroatoms. The van der Waals surface area contributed by atoms with E-state index in [2.05, 4.69) is 17.2 Å². The first kappa shape index (κ1) is 56.8. The topological polar surface area (TPSA) is 215 Å². The predicted molar refractivity (Wildman–Crippen MR) is 259 cm³/mol. The molecule has 14 atom stereocenters. The van der Waals surface area contributed by atoms with Gasteiger partial charge in [-0.2, -0.15) is 0 Å². The minimum Gasteiger partial charge on any atom is -0.460 e. The summed E-state index contributed by atoms with van der Waals surface area (Å²) in [6, 6.07) is -2.00. The summed E-state index contributed by atoms with van der Waals surface area (Å²) in [5.74, 6) is -4.48. The third kappa shape index (κ3) is 15.6. The number of amides is 1. The van der Waals surface area contributed by atoms with Gasteiger partial charge in [0.1, 0.15) is 24.4 Å². The van der Waals surface area contributed by atoms with Crippen LogP contribution in [0.2, 0.25) is 0 Å². The lowest BCUT2D eigenvalue weighted by Gasteiger charge is -2.41. The van der Waals surface area contributed by atoms with Crippen molar-refractivity contribution >= 4 is 33.5 Å². The van der Waals surface area contributed by atoms with Crippen LogP contribution >= 0.6 is 0 Å². The molecule has 15 nitrogen and oxygen atoms in total. The predicted octanol–water partition coefficient (Wildman–Crippen LogP) is 5.44. The molecule has 1 aliphatic carbocycles. The summed E-state index contributed by atoms with van der Waals surface area (Å²) >= 11 is 0. The number of aliphatic hydroxyl groups is 3. The van der Waals surface area contributed by atoms with E-state index in [1.165, 1.54) is 7.11 Å². The lowest BCUT2D eigenvalue weighted by Crippen LogP contribution is -2.59. The number of rotatable bonds is 7. The highest BCUT2D eigenvalue weighted by Gasteiger charge is 2.51. The van der Waals surface area contributed by atoms with Gasteiger partial charge >= 0.3 is 5.97 Å². The van der Waals surface area contributed by atoms with Gasteiger partial charge in [0.2, 0.25) is 10.0 Å². The van der Waals surface area contributed by atoms with E-state index in [4.69, 9.17) is 25.4 Å². The Morgan fingerprint density at radius 1 is 0.941 bits per heavy atom. The molecule has 0 aromatic carbocycles. The van der Waals surface area contributed by atoms with E-state index in [9.17, 15) is 42.9 Å². The molecule has 0 aromatic rings. The third-order valence-corrected chi connectivity index (χ3v) is 14.9. The number of ether oxygens (including phenoxy) is 4. The van der Waals surface area contributed by atoms with Gasteiger partial charge in [0, 0.05) is 32.7 Å². The minimum atomic E-state index is -3.75. The Kier molecular flexibility index (Phi) is 21.6. The van der Waals surface area contributed by atoms with Gasteiger partial charge in [-0.25, -0.2) is 17.9 Å². The van der Waals surface area contributed by atoms with Crippen molar-refractivity contribution in [2.75, 3.05) is 27.0 Å². The Hall–Kier alpha value is -3.79. The number of terminal acetylenes is 1. The molecule has 1 amide bonds. The number of Topliss-reactive ketones (excluding diaryl/α,β-unsaturated/α-hetero) is 2. The second kappa shape index (κ2) is 25.9. The Morgan fingerprint density at radius 2 is 1.66 bits per heavy atom. The number of sulfonamides is 1. The van der Waals surface area contributed by atoms with Gasteiger partial charge in [0.15, 0.2) is 5.78 Å². The average Bonchev–Trinajstić information content (AvgIpc) is 3.29. The van der Waals surface area contributed by atoms with Crippen molar-refractivity contribution in [3.05, 3.63) is 59.8 Å². The fraction of sp³-hybridized carbons (Fsp3) is 0.692. The van der Waals surface area contributed by atoms with Crippen LogP contribution in [0.1, 0.15) is 118 Å². The van der Waals surface area contributed by atoms with Crippen LogP contribution in [-0.4, -0.2) is 134 Å². The zero-order valence-electron chi connectivity index (χ0n) is 41.4. The van der Waals surface area contributed by atoms with Crippen molar-refractivity contribution in [2.45, 2.75) is 173 Å². The molecule has 0 radical (unpaired) electrons. The number of hydrogen-bond acceptors (Lipinski definition) is 13. The van der Waals surface area contributed by atoms with Crippen LogP contribution in [0, 0.1) is 41.9 Å². The first-order valence-electron chi connectivity index (χ1n) is 24.3. The fourth-order valence-corrected chi connectivity index (χ4v) is 10.9. The zero-order chi connectivity index (χ0) is 50.5. The summed E-state index contributed by atoms with van der Waals surface area (Å²) in [7, 11) is -0.796. The number of cyclic esters (lactones) is 1.